The van der Waals surface area contributed by atoms with E-state index in [1.54, 1.807) is 53.6 Å². The molecule has 5 aromatic rings. The third-order valence-electron chi connectivity index (χ3n) is 9.93. The number of piperazine rings is 1. The summed E-state index contributed by atoms with van der Waals surface area (Å²) >= 11 is 0. The van der Waals surface area contributed by atoms with Crippen molar-refractivity contribution in [1.29, 1.82) is 0 Å². The van der Waals surface area contributed by atoms with Gasteiger partial charge in [-0.15, -0.1) is 0 Å². The highest BCUT2D eigenvalue weighted by atomic mass is 19.1. The lowest BCUT2D eigenvalue weighted by molar-refractivity contribution is -0.117. The van der Waals surface area contributed by atoms with Crippen molar-refractivity contribution < 1.29 is 38.1 Å². The van der Waals surface area contributed by atoms with Gasteiger partial charge in [-0.2, -0.15) is 5.10 Å². The summed E-state index contributed by atoms with van der Waals surface area (Å²) in [5.74, 6) is -2.53. The number of H-pyrrole nitrogens is 1. The highest BCUT2D eigenvalue weighted by Crippen LogP contribution is 2.27. The van der Waals surface area contributed by atoms with Crippen molar-refractivity contribution >= 4 is 46.3 Å². The number of carboxylic acid groups (broad SMARTS) is 1. The lowest BCUT2D eigenvalue weighted by Crippen LogP contribution is -2.49. The van der Waals surface area contributed by atoms with Crippen LogP contribution in [0.5, 0.6) is 0 Å². The first-order valence-corrected chi connectivity index (χ1v) is 18.9. The minimum Gasteiger partial charge on any atom is -0.477 e. The third kappa shape index (κ3) is 9.42. The van der Waals surface area contributed by atoms with Crippen LogP contribution in [0.15, 0.2) is 77.7 Å². The molecule has 1 aliphatic heterocycles. The predicted octanol–water partition coefficient (Wildman–Crippen LogP) is 5.80. The van der Waals surface area contributed by atoms with Gasteiger partial charge in [0.2, 0.25) is 11.3 Å². The summed E-state index contributed by atoms with van der Waals surface area (Å²) in [5.41, 5.74) is 1.57. The molecule has 16 nitrogen and oxygen atoms in total. The Morgan fingerprint density at radius 1 is 0.931 bits per heavy atom. The number of rotatable bonds is 13. The van der Waals surface area contributed by atoms with E-state index in [0.29, 0.717) is 42.2 Å². The molecule has 1 saturated heterocycles. The van der Waals surface area contributed by atoms with Crippen molar-refractivity contribution in [3.63, 3.8) is 0 Å². The van der Waals surface area contributed by atoms with E-state index in [0.717, 1.165) is 11.6 Å². The number of carboxylic acids is 1. The van der Waals surface area contributed by atoms with Gasteiger partial charge in [0.05, 0.1) is 23.2 Å². The van der Waals surface area contributed by atoms with Crippen LogP contribution in [-0.4, -0.2) is 80.0 Å². The molecule has 3 amide bonds. The zero-order valence-electron chi connectivity index (χ0n) is 32.5. The Morgan fingerprint density at radius 3 is 2.26 bits per heavy atom. The summed E-state index contributed by atoms with van der Waals surface area (Å²) in [4.78, 5) is 70.7. The molecule has 0 spiro atoms. The molecule has 1 fully saturated rings. The van der Waals surface area contributed by atoms with Gasteiger partial charge in [0.25, 0.3) is 0 Å². The number of aromatic amines is 1. The molecule has 0 bridgehead atoms. The van der Waals surface area contributed by atoms with E-state index in [1.807, 2.05) is 44.2 Å². The maximum absolute atomic E-state index is 15.3. The van der Waals surface area contributed by atoms with Gasteiger partial charge >= 0.3 is 18.2 Å². The molecule has 1 aliphatic rings. The number of hydrogen-bond donors (Lipinski definition) is 4. The Hall–Kier alpha value is -6.78. The lowest BCUT2D eigenvalue weighted by Gasteiger charge is -2.35. The van der Waals surface area contributed by atoms with Crippen LogP contribution in [0.4, 0.5) is 25.4 Å². The zero-order valence-corrected chi connectivity index (χ0v) is 32.5. The molecule has 304 valence electrons. The van der Waals surface area contributed by atoms with E-state index in [-0.39, 0.29) is 55.0 Å². The zero-order chi connectivity index (χ0) is 41.5. The second-order valence-electron chi connectivity index (χ2n) is 14.2. The van der Waals surface area contributed by atoms with Crippen LogP contribution in [-0.2, 0) is 34.0 Å². The van der Waals surface area contributed by atoms with E-state index < -0.39 is 46.9 Å². The van der Waals surface area contributed by atoms with E-state index in [9.17, 15) is 29.1 Å². The quantitative estimate of drug-likeness (QED) is 0.112. The largest absolute Gasteiger partial charge is 0.477 e. The number of hydrogen-bond acceptors (Lipinski definition) is 10. The Balaban J connectivity index is 0.975. The SMILES string of the molecule is CCn1cc(C(=O)O)c(=O)c2cc(F)c(N3CCN(C(=O)OCc4ccc(NC(=O)C(C)c5n[nH]c(C(NC(=O)OCc6ccccc6)C(C)C)n5)cc4)CC3)cc21. The topological polar surface area (TPSA) is 201 Å². The fourth-order valence-corrected chi connectivity index (χ4v) is 6.54. The minimum atomic E-state index is -1.38. The second kappa shape index (κ2) is 18.0. The number of benzene rings is 3. The molecule has 58 heavy (non-hydrogen) atoms. The Morgan fingerprint density at radius 2 is 1.60 bits per heavy atom. The Labute approximate surface area is 333 Å². The number of alkyl carbamates (subject to hydrolysis) is 1. The number of halogens is 1. The number of amides is 3. The van der Waals surface area contributed by atoms with Crippen molar-refractivity contribution in [1.82, 2.24) is 30.0 Å². The number of pyridine rings is 1. The van der Waals surface area contributed by atoms with Gasteiger partial charge in [-0.1, -0.05) is 56.3 Å². The summed E-state index contributed by atoms with van der Waals surface area (Å²) < 4.78 is 27.8. The monoisotopic (exact) mass is 796 g/mol. The molecular weight excluding hydrogens is 751 g/mol. The molecule has 3 heterocycles. The first kappa shape index (κ1) is 40.9. The average Bonchev–Trinajstić information content (AvgIpc) is 3.71. The molecule has 6 rings (SSSR count). The van der Waals surface area contributed by atoms with Crippen LogP contribution < -0.4 is 21.0 Å². The van der Waals surface area contributed by atoms with Crippen molar-refractivity contribution in [2.75, 3.05) is 36.4 Å². The van der Waals surface area contributed by atoms with Crippen LogP contribution in [0, 0.1) is 11.7 Å². The molecular formula is C41H45FN8O8. The van der Waals surface area contributed by atoms with Crippen molar-refractivity contribution in [3.8, 4) is 0 Å². The first-order chi connectivity index (χ1) is 27.8. The van der Waals surface area contributed by atoms with E-state index >= 15 is 4.39 Å². The van der Waals surface area contributed by atoms with Crippen LogP contribution in [0.2, 0.25) is 0 Å². The fraction of sp³-hybridized carbons (Fsp3) is 0.341. The summed E-state index contributed by atoms with van der Waals surface area (Å²) in [6.07, 6.45) is 0.129. The molecule has 2 atom stereocenters. The highest BCUT2D eigenvalue weighted by molar-refractivity contribution is 5.95. The molecule has 2 aromatic heterocycles. The fourth-order valence-electron chi connectivity index (χ4n) is 6.54. The second-order valence-corrected chi connectivity index (χ2v) is 14.2. The number of ether oxygens (including phenoxy) is 2. The van der Waals surface area contributed by atoms with Crippen LogP contribution >= 0.6 is 0 Å². The first-order valence-electron chi connectivity index (χ1n) is 18.9. The van der Waals surface area contributed by atoms with Gasteiger partial charge in [0, 0.05) is 50.0 Å². The predicted molar refractivity (Wildman–Crippen MR) is 212 cm³/mol. The molecule has 2 unspecified atom stereocenters. The lowest BCUT2D eigenvalue weighted by atomic mass is 10.0. The maximum atomic E-state index is 15.3. The van der Waals surface area contributed by atoms with E-state index in [1.165, 1.54) is 11.1 Å². The van der Waals surface area contributed by atoms with Crippen LogP contribution in [0.1, 0.15) is 72.8 Å². The molecule has 0 radical (unpaired) electrons. The number of anilines is 2. The number of aromatic nitrogens is 4. The maximum Gasteiger partial charge on any atom is 0.410 e. The van der Waals surface area contributed by atoms with Gasteiger partial charge in [-0.25, -0.2) is 23.8 Å². The van der Waals surface area contributed by atoms with Gasteiger partial charge in [0.15, 0.2) is 5.82 Å². The highest BCUT2D eigenvalue weighted by Gasteiger charge is 2.28. The molecule has 3 aromatic carbocycles. The van der Waals surface area contributed by atoms with Crippen molar-refractivity contribution in [2.24, 2.45) is 5.92 Å². The smallest absolute Gasteiger partial charge is 0.410 e. The Kier molecular flexibility index (Phi) is 12.7. The number of carbonyl (C=O) groups is 4. The third-order valence-corrected chi connectivity index (χ3v) is 9.93. The Bertz CT molecular complexity index is 2340. The number of fused-ring (bicyclic) bond motifs is 1. The van der Waals surface area contributed by atoms with E-state index in [2.05, 4.69) is 25.8 Å². The molecule has 17 heteroatoms. The van der Waals surface area contributed by atoms with Gasteiger partial charge in [0.1, 0.15) is 30.4 Å². The standard InChI is InChI=1S/C41H45FN8O8/c1-5-48-21-30(39(53)54)35(51)29-19-31(42)33(20-32(29)48)49-15-17-50(18-16-49)41(56)58-23-27-11-13-28(14-12-27)43-38(52)25(4)36-45-37(47-46-36)34(24(2)3)44-40(55)57-22-26-9-7-6-8-10-26/h6-14,19-21,24-25,34H,5,15-18,22-23H2,1-4H3,(H,43,52)(H,44,55)(H,53,54)(H,45,46,47). The number of aromatic carboxylic acids is 1. The van der Waals surface area contributed by atoms with Crippen molar-refractivity contribution in [2.45, 2.75) is 59.4 Å². The number of aryl methyl sites for hydroxylation is 1. The van der Waals surface area contributed by atoms with Crippen molar-refractivity contribution in [3.05, 3.63) is 117 Å². The summed E-state index contributed by atoms with van der Waals surface area (Å²) in [7, 11) is 0. The number of carbonyl (C=O) groups excluding carboxylic acids is 3. The molecule has 4 N–H and O–H groups in total. The average molecular weight is 797 g/mol. The van der Waals surface area contributed by atoms with Crippen LogP contribution in [0.25, 0.3) is 10.9 Å². The normalized spacial score (nSPS) is 13.9. The number of nitrogens with zero attached hydrogens (tertiary/aromatic N) is 5. The van der Waals surface area contributed by atoms with Gasteiger partial charge in [-0.05, 0) is 55.2 Å². The van der Waals surface area contributed by atoms with E-state index in [4.69, 9.17) is 9.47 Å². The summed E-state index contributed by atoms with van der Waals surface area (Å²) in [6.45, 7) is 8.92. The number of nitrogens with one attached hydrogen (secondary N) is 3. The summed E-state index contributed by atoms with van der Waals surface area (Å²) in [5, 5.41) is 22.2. The molecule has 0 saturated carbocycles. The van der Waals surface area contributed by atoms with Crippen LogP contribution in [0.3, 0.4) is 0 Å². The summed E-state index contributed by atoms with van der Waals surface area (Å²) in [6, 6.07) is 18.2. The molecule has 0 aliphatic carbocycles. The minimum absolute atomic E-state index is 0.0125. The van der Waals surface area contributed by atoms with Gasteiger partial charge in [-0.3, -0.25) is 14.7 Å². The van der Waals surface area contributed by atoms with Gasteiger partial charge < -0.3 is 39.6 Å².